The molecule has 9 heavy (non-hydrogen) atoms. The normalized spacial score (nSPS) is 12.8. The summed E-state index contributed by atoms with van der Waals surface area (Å²) in [6.45, 7) is 1.65. The van der Waals surface area contributed by atoms with E-state index in [0.29, 0.717) is 12.5 Å². The molecule has 0 bridgehead atoms. The van der Waals surface area contributed by atoms with Crippen LogP contribution in [0, 0.1) is 0 Å². The molecule has 0 aromatic carbocycles. The van der Waals surface area contributed by atoms with Crippen molar-refractivity contribution in [3.63, 3.8) is 0 Å². The van der Waals surface area contributed by atoms with Crippen molar-refractivity contribution in [2.45, 2.75) is 12.2 Å². The number of carbonyl (C=O) groups excluding carboxylic acids is 1. The molecule has 0 fully saturated rings. The molecule has 0 rings (SSSR count). The molecule has 0 aliphatic carbocycles. The third-order valence-electron chi connectivity index (χ3n) is 0.657. The van der Waals surface area contributed by atoms with Crippen LogP contribution in [0.25, 0.3) is 0 Å². The number of ether oxygens (including phenoxy) is 1. The first-order valence-corrected chi connectivity index (χ1v) is 3.59. The Bertz CT molecular complexity index is 97.0. The molecule has 0 aliphatic rings. The number of alkyl halides is 1. The molecule has 0 saturated heterocycles. The number of rotatable bonds is 3. The lowest BCUT2D eigenvalue weighted by Gasteiger charge is -2.04. The smallest absolute Gasteiger partial charge is 0.302 e. The number of hydrogen-bond acceptors (Lipinski definition) is 3. The summed E-state index contributed by atoms with van der Waals surface area (Å²) < 4.78 is 4.59. The van der Waals surface area contributed by atoms with Crippen LogP contribution >= 0.6 is 24.2 Å². The van der Waals surface area contributed by atoms with Gasteiger partial charge >= 0.3 is 5.97 Å². The summed E-state index contributed by atoms with van der Waals surface area (Å²) in [7, 11) is 0. The molecule has 0 radical (unpaired) electrons. The van der Waals surface area contributed by atoms with Gasteiger partial charge in [0.1, 0.15) is 6.61 Å². The summed E-state index contributed by atoms with van der Waals surface area (Å²) in [5, 5.41) is -0.0458. The second-order valence-corrected chi connectivity index (χ2v) is 2.65. The Hall–Kier alpha value is 0.110. The highest BCUT2D eigenvalue weighted by atomic mass is 35.5. The Labute approximate surface area is 64.9 Å². The number of halogens is 1. The molecule has 0 aliphatic heterocycles. The highest BCUT2D eigenvalue weighted by Crippen LogP contribution is 1.97. The van der Waals surface area contributed by atoms with E-state index in [-0.39, 0.29) is 11.2 Å². The molecule has 0 aromatic rings. The van der Waals surface area contributed by atoms with Gasteiger partial charge in [-0.25, -0.2) is 0 Å². The second kappa shape index (κ2) is 4.94. The van der Waals surface area contributed by atoms with Gasteiger partial charge in [0.2, 0.25) is 0 Å². The summed E-state index contributed by atoms with van der Waals surface area (Å²) >= 11 is 9.36. The van der Waals surface area contributed by atoms with Crippen molar-refractivity contribution in [3.05, 3.63) is 0 Å². The molecule has 0 spiro atoms. The molecule has 0 heterocycles. The molecule has 4 heteroatoms. The van der Waals surface area contributed by atoms with Gasteiger partial charge in [0, 0.05) is 18.1 Å². The maximum atomic E-state index is 10.2. The lowest BCUT2D eigenvalue weighted by molar-refractivity contribution is -0.140. The van der Waals surface area contributed by atoms with Gasteiger partial charge in [0.05, 0.1) is 0 Å². The van der Waals surface area contributed by atoms with Crippen molar-refractivity contribution in [1.29, 1.82) is 0 Å². The van der Waals surface area contributed by atoms with E-state index < -0.39 is 0 Å². The highest BCUT2D eigenvalue weighted by molar-refractivity contribution is 7.81. The van der Waals surface area contributed by atoms with Gasteiger partial charge in [-0.05, 0) is 0 Å². The minimum Gasteiger partial charge on any atom is -0.465 e. The summed E-state index contributed by atoms with van der Waals surface area (Å²) in [5.41, 5.74) is 0. The first-order chi connectivity index (χ1) is 4.16. The van der Waals surface area contributed by atoms with Crippen molar-refractivity contribution < 1.29 is 9.53 Å². The number of hydrogen-bond donors (Lipinski definition) is 1. The van der Waals surface area contributed by atoms with Gasteiger partial charge in [-0.3, -0.25) is 4.79 Å². The van der Waals surface area contributed by atoms with E-state index in [2.05, 4.69) is 17.4 Å². The highest BCUT2D eigenvalue weighted by Gasteiger charge is 2.01. The van der Waals surface area contributed by atoms with E-state index in [0.717, 1.165) is 0 Å². The van der Waals surface area contributed by atoms with Crippen molar-refractivity contribution in [2.24, 2.45) is 0 Å². The summed E-state index contributed by atoms with van der Waals surface area (Å²) in [6, 6.07) is 0. The van der Waals surface area contributed by atoms with Crippen molar-refractivity contribution in [2.75, 3.05) is 12.5 Å². The van der Waals surface area contributed by atoms with Crippen LogP contribution in [0.4, 0.5) is 0 Å². The van der Waals surface area contributed by atoms with E-state index in [1.54, 1.807) is 0 Å². The molecule has 2 nitrogen and oxygen atoms in total. The minimum atomic E-state index is -0.292. The van der Waals surface area contributed by atoms with Gasteiger partial charge < -0.3 is 4.74 Å². The SMILES string of the molecule is CC(=O)OCC(S)CCl. The van der Waals surface area contributed by atoms with Crippen LogP contribution in [0.3, 0.4) is 0 Å². The minimum absolute atomic E-state index is 0.0458. The van der Waals surface area contributed by atoms with Gasteiger partial charge in [-0.2, -0.15) is 12.6 Å². The van der Waals surface area contributed by atoms with Crippen LogP contribution in [0.15, 0.2) is 0 Å². The largest absolute Gasteiger partial charge is 0.465 e. The van der Waals surface area contributed by atoms with Crippen molar-refractivity contribution in [1.82, 2.24) is 0 Å². The molecule has 0 aromatic heterocycles. The third kappa shape index (κ3) is 5.99. The molecule has 0 saturated carbocycles. The predicted molar refractivity (Wildman–Crippen MR) is 40.1 cm³/mol. The first-order valence-electron chi connectivity index (χ1n) is 2.54. The van der Waals surface area contributed by atoms with Crippen molar-refractivity contribution >= 4 is 30.2 Å². The number of carbonyl (C=O) groups is 1. The fraction of sp³-hybridized carbons (Fsp3) is 0.800. The molecule has 1 unspecified atom stereocenters. The zero-order chi connectivity index (χ0) is 7.28. The molecule has 1 atom stereocenters. The van der Waals surface area contributed by atoms with Gasteiger partial charge in [-0.1, -0.05) is 0 Å². The van der Waals surface area contributed by atoms with E-state index in [1.807, 2.05) is 0 Å². The van der Waals surface area contributed by atoms with Crippen molar-refractivity contribution in [3.8, 4) is 0 Å². The van der Waals surface area contributed by atoms with Crippen LogP contribution in [0.5, 0.6) is 0 Å². The van der Waals surface area contributed by atoms with Crippen LogP contribution in [-0.2, 0) is 9.53 Å². The Morgan fingerprint density at radius 2 is 2.44 bits per heavy atom. The quantitative estimate of drug-likeness (QED) is 0.388. The molecule has 54 valence electrons. The fourth-order valence-corrected chi connectivity index (χ4v) is 0.422. The maximum Gasteiger partial charge on any atom is 0.302 e. The Kier molecular flexibility index (Phi) is 5.00. The number of thiol groups is 1. The summed E-state index contributed by atoms with van der Waals surface area (Å²) in [6.07, 6.45) is 0. The fourth-order valence-electron chi connectivity index (χ4n) is 0.258. The summed E-state index contributed by atoms with van der Waals surface area (Å²) in [5.74, 6) is 0.107. The van der Waals surface area contributed by atoms with E-state index in [9.17, 15) is 4.79 Å². The lowest BCUT2D eigenvalue weighted by atomic mass is 10.5. The van der Waals surface area contributed by atoms with E-state index in [4.69, 9.17) is 11.6 Å². The standard InChI is InChI=1S/C5H9ClO2S/c1-4(7)8-3-5(9)2-6/h5,9H,2-3H2,1H3. The zero-order valence-corrected chi connectivity index (χ0v) is 6.78. The van der Waals surface area contributed by atoms with E-state index in [1.165, 1.54) is 6.92 Å². The van der Waals surface area contributed by atoms with Gasteiger partial charge in [-0.15, -0.1) is 11.6 Å². The number of esters is 1. The molecule has 0 amide bonds. The van der Waals surface area contributed by atoms with Gasteiger partial charge in [0.25, 0.3) is 0 Å². The van der Waals surface area contributed by atoms with Gasteiger partial charge in [0.15, 0.2) is 0 Å². The zero-order valence-electron chi connectivity index (χ0n) is 5.13. The van der Waals surface area contributed by atoms with Crippen LogP contribution < -0.4 is 0 Å². The third-order valence-corrected chi connectivity index (χ3v) is 1.58. The molecule has 0 N–H and O–H groups in total. The Morgan fingerprint density at radius 1 is 1.89 bits per heavy atom. The predicted octanol–water partition coefficient (Wildman–Crippen LogP) is 1.09. The first kappa shape index (κ1) is 9.11. The monoisotopic (exact) mass is 168 g/mol. The average Bonchev–Trinajstić information content (AvgIpc) is 1.83. The van der Waals surface area contributed by atoms with Crippen LogP contribution in [-0.4, -0.2) is 23.7 Å². The maximum absolute atomic E-state index is 10.2. The summed E-state index contributed by atoms with van der Waals surface area (Å²) in [4.78, 5) is 10.2. The molecular weight excluding hydrogens is 160 g/mol. The van der Waals surface area contributed by atoms with Crippen LogP contribution in [0.2, 0.25) is 0 Å². The van der Waals surface area contributed by atoms with E-state index >= 15 is 0 Å². The average molecular weight is 169 g/mol. The Balaban J connectivity index is 3.16. The lowest BCUT2D eigenvalue weighted by Crippen LogP contribution is -2.13. The topological polar surface area (TPSA) is 26.3 Å². The Morgan fingerprint density at radius 3 is 2.78 bits per heavy atom. The molecular formula is C5H9ClO2S. The second-order valence-electron chi connectivity index (χ2n) is 1.61. The van der Waals surface area contributed by atoms with Crippen LogP contribution in [0.1, 0.15) is 6.92 Å².